The lowest BCUT2D eigenvalue weighted by Gasteiger charge is -1.95. The van der Waals surface area contributed by atoms with Crippen LogP contribution in [0.5, 0.6) is 0 Å². The summed E-state index contributed by atoms with van der Waals surface area (Å²) in [6.45, 7) is 0. The van der Waals surface area contributed by atoms with E-state index in [1.54, 1.807) is 28.0 Å². The third kappa shape index (κ3) is 1.87. The van der Waals surface area contributed by atoms with E-state index in [4.69, 9.17) is 0 Å². The zero-order valence-electron chi connectivity index (χ0n) is 10.4. The molecule has 1 aromatic carbocycles. The van der Waals surface area contributed by atoms with Gasteiger partial charge in [-0.15, -0.1) is 0 Å². The van der Waals surface area contributed by atoms with Gasteiger partial charge in [-0.25, -0.2) is 9.50 Å². The molecule has 20 heavy (non-hydrogen) atoms. The van der Waals surface area contributed by atoms with Crippen molar-refractivity contribution in [2.75, 3.05) is 0 Å². The largest absolute Gasteiger partial charge is 0.269 e. The van der Waals surface area contributed by atoms with Gasteiger partial charge in [-0.05, 0) is 25.0 Å². The molecule has 0 radical (unpaired) electrons. The molecule has 100 valence electrons. The number of aromatic nitrogens is 3. The quantitative estimate of drug-likeness (QED) is 0.547. The van der Waals surface area contributed by atoms with Crippen LogP contribution < -0.4 is 0 Å². The molecule has 2 aromatic heterocycles. The van der Waals surface area contributed by atoms with Gasteiger partial charge in [-0.3, -0.25) is 10.1 Å². The number of non-ortho nitro benzene ring substituents is 1. The highest BCUT2D eigenvalue weighted by molar-refractivity contribution is 7.16. The molecule has 4 rings (SSSR count). The SMILES string of the molecule is O=[N+]([O-])c1ccc(-c2cn3nc(C4CC4)sc3n2)cc1. The molecular formula is C13H10N4O2S. The third-order valence-electron chi connectivity index (χ3n) is 3.36. The first-order chi connectivity index (χ1) is 9.70. The van der Waals surface area contributed by atoms with Crippen molar-refractivity contribution in [3.63, 3.8) is 0 Å². The first-order valence-electron chi connectivity index (χ1n) is 6.31. The highest BCUT2D eigenvalue weighted by Gasteiger charge is 2.27. The van der Waals surface area contributed by atoms with E-state index in [1.165, 1.54) is 25.0 Å². The third-order valence-corrected chi connectivity index (χ3v) is 4.44. The van der Waals surface area contributed by atoms with Crippen LogP contribution >= 0.6 is 11.3 Å². The lowest BCUT2D eigenvalue weighted by molar-refractivity contribution is -0.384. The fraction of sp³-hybridized carbons (Fsp3) is 0.231. The average molecular weight is 286 g/mol. The van der Waals surface area contributed by atoms with Crippen molar-refractivity contribution in [3.8, 4) is 11.3 Å². The van der Waals surface area contributed by atoms with Crippen molar-refractivity contribution in [3.05, 3.63) is 45.6 Å². The van der Waals surface area contributed by atoms with Crippen molar-refractivity contribution in [1.29, 1.82) is 0 Å². The van der Waals surface area contributed by atoms with Crippen LogP contribution in [0, 0.1) is 10.1 Å². The zero-order chi connectivity index (χ0) is 13.7. The molecule has 7 heteroatoms. The number of imidazole rings is 1. The summed E-state index contributed by atoms with van der Waals surface area (Å²) in [7, 11) is 0. The molecule has 1 fully saturated rings. The summed E-state index contributed by atoms with van der Waals surface area (Å²) < 4.78 is 1.80. The Morgan fingerprint density at radius 2 is 2.05 bits per heavy atom. The topological polar surface area (TPSA) is 73.3 Å². The molecule has 0 bridgehead atoms. The zero-order valence-corrected chi connectivity index (χ0v) is 11.2. The normalized spacial score (nSPS) is 14.8. The minimum Gasteiger partial charge on any atom is -0.258 e. The molecule has 0 N–H and O–H groups in total. The van der Waals surface area contributed by atoms with Gasteiger partial charge in [-0.1, -0.05) is 11.3 Å². The number of fused-ring (bicyclic) bond motifs is 1. The predicted octanol–water partition coefficient (Wildman–Crippen LogP) is 3.24. The van der Waals surface area contributed by atoms with E-state index < -0.39 is 4.92 Å². The van der Waals surface area contributed by atoms with E-state index in [0.29, 0.717) is 5.92 Å². The fourth-order valence-electron chi connectivity index (χ4n) is 2.10. The van der Waals surface area contributed by atoms with Crippen molar-refractivity contribution >= 4 is 22.0 Å². The molecule has 1 saturated carbocycles. The van der Waals surface area contributed by atoms with Gasteiger partial charge in [0.1, 0.15) is 5.01 Å². The van der Waals surface area contributed by atoms with Crippen molar-refractivity contribution in [2.45, 2.75) is 18.8 Å². The van der Waals surface area contributed by atoms with Gasteiger partial charge in [-0.2, -0.15) is 5.10 Å². The van der Waals surface area contributed by atoms with Crippen LogP contribution in [-0.2, 0) is 0 Å². The Morgan fingerprint density at radius 1 is 1.30 bits per heavy atom. The molecular weight excluding hydrogens is 276 g/mol. The van der Waals surface area contributed by atoms with Crippen molar-refractivity contribution in [2.24, 2.45) is 0 Å². The maximum Gasteiger partial charge on any atom is 0.269 e. The van der Waals surface area contributed by atoms with Gasteiger partial charge in [0, 0.05) is 23.6 Å². The molecule has 3 aromatic rings. The second-order valence-electron chi connectivity index (χ2n) is 4.87. The summed E-state index contributed by atoms with van der Waals surface area (Å²) >= 11 is 1.62. The summed E-state index contributed by atoms with van der Waals surface area (Å²) in [6.07, 6.45) is 4.33. The first kappa shape index (κ1) is 11.5. The molecule has 0 saturated heterocycles. The second-order valence-corrected chi connectivity index (χ2v) is 5.86. The standard InChI is InChI=1S/C13H10N4O2S/c18-17(19)10-5-3-8(4-6-10)11-7-16-13(14-11)20-12(15-16)9-1-2-9/h3-7,9H,1-2H2. The van der Waals surface area contributed by atoms with Crippen LogP contribution in [0.15, 0.2) is 30.5 Å². The molecule has 1 aliphatic carbocycles. The average Bonchev–Trinajstić information content (AvgIpc) is 3.10. The molecule has 0 unspecified atom stereocenters. The number of nitrogens with zero attached hydrogens (tertiary/aromatic N) is 4. The molecule has 2 heterocycles. The van der Waals surface area contributed by atoms with Crippen molar-refractivity contribution in [1.82, 2.24) is 14.6 Å². The molecule has 0 spiro atoms. The number of hydrogen-bond donors (Lipinski definition) is 0. The Balaban J connectivity index is 1.70. The van der Waals surface area contributed by atoms with Gasteiger partial charge in [0.25, 0.3) is 5.69 Å². The van der Waals surface area contributed by atoms with E-state index in [-0.39, 0.29) is 5.69 Å². The predicted molar refractivity (Wildman–Crippen MR) is 74.9 cm³/mol. The molecule has 6 nitrogen and oxygen atoms in total. The lowest BCUT2D eigenvalue weighted by atomic mass is 10.1. The Hall–Kier alpha value is -2.28. The van der Waals surface area contributed by atoms with Gasteiger partial charge in [0.2, 0.25) is 4.96 Å². The summed E-state index contributed by atoms with van der Waals surface area (Å²) in [5, 5.41) is 16.3. The lowest BCUT2D eigenvalue weighted by Crippen LogP contribution is -1.87. The van der Waals surface area contributed by atoms with Crippen LogP contribution in [0.25, 0.3) is 16.2 Å². The first-order valence-corrected chi connectivity index (χ1v) is 7.13. The van der Waals surface area contributed by atoms with Gasteiger partial charge in [0.05, 0.1) is 16.8 Å². The number of nitro groups is 1. The molecule has 1 aliphatic rings. The van der Waals surface area contributed by atoms with Crippen LogP contribution in [0.2, 0.25) is 0 Å². The van der Waals surface area contributed by atoms with Gasteiger partial charge in [0.15, 0.2) is 0 Å². The number of hydrogen-bond acceptors (Lipinski definition) is 5. The fourth-order valence-corrected chi connectivity index (χ4v) is 3.15. The smallest absolute Gasteiger partial charge is 0.258 e. The number of rotatable bonds is 3. The van der Waals surface area contributed by atoms with E-state index in [9.17, 15) is 10.1 Å². The van der Waals surface area contributed by atoms with E-state index in [2.05, 4.69) is 10.1 Å². The van der Waals surface area contributed by atoms with Gasteiger partial charge < -0.3 is 0 Å². The van der Waals surface area contributed by atoms with Crippen molar-refractivity contribution < 1.29 is 4.92 Å². The molecule has 0 aliphatic heterocycles. The summed E-state index contributed by atoms with van der Waals surface area (Å²) in [6, 6.07) is 6.41. The minimum absolute atomic E-state index is 0.0870. The maximum absolute atomic E-state index is 10.6. The molecule has 0 amide bonds. The van der Waals surface area contributed by atoms with E-state index in [1.807, 2.05) is 6.20 Å². The highest BCUT2D eigenvalue weighted by atomic mass is 32.1. The highest BCUT2D eigenvalue weighted by Crippen LogP contribution is 2.42. The summed E-state index contributed by atoms with van der Waals surface area (Å²) in [5.74, 6) is 0.629. The van der Waals surface area contributed by atoms with Crippen LogP contribution in [0.4, 0.5) is 5.69 Å². The van der Waals surface area contributed by atoms with Crippen LogP contribution in [-0.4, -0.2) is 19.5 Å². The second kappa shape index (κ2) is 4.11. The van der Waals surface area contributed by atoms with Gasteiger partial charge >= 0.3 is 0 Å². The van der Waals surface area contributed by atoms with E-state index >= 15 is 0 Å². The Kier molecular flexibility index (Phi) is 2.37. The maximum atomic E-state index is 10.6. The Labute approximate surface area is 117 Å². The summed E-state index contributed by atoms with van der Waals surface area (Å²) in [4.78, 5) is 15.6. The minimum atomic E-state index is -0.404. The number of nitro benzene ring substituents is 1. The van der Waals surface area contributed by atoms with Crippen LogP contribution in [0.1, 0.15) is 23.8 Å². The van der Waals surface area contributed by atoms with Crippen LogP contribution in [0.3, 0.4) is 0 Å². The van der Waals surface area contributed by atoms with E-state index in [0.717, 1.165) is 21.2 Å². The molecule has 0 atom stereocenters. The summed E-state index contributed by atoms with van der Waals surface area (Å²) in [5.41, 5.74) is 1.74. The number of benzene rings is 1. The Bertz CT molecular complexity index is 770. The monoisotopic (exact) mass is 286 g/mol. The Morgan fingerprint density at radius 3 is 2.65 bits per heavy atom.